The molecule has 0 aliphatic heterocycles. The zero-order valence-electron chi connectivity index (χ0n) is 7.41. The summed E-state index contributed by atoms with van der Waals surface area (Å²) in [4.78, 5) is 15.0. The molecule has 0 amide bonds. The van der Waals surface area contributed by atoms with Crippen molar-refractivity contribution in [2.75, 3.05) is 0 Å². The van der Waals surface area contributed by atoms with E-state index in [9.17, 15) is 4.79 Å². The maximum Gasteiger partial charge on any atom is 0.317 e. The quantitative estimate of drug-likeness (QED) is 0.764. The van der Waals surface area contributed by atoms with Crippen LogP contribution in [0.15, 0.2) is 10.8 Å². The van der Waals surface area contributed by atoms with Crippen LogP contribution in [0.5, 0.6) is 0 Å². The van der Waals surface area contributed by atoms with Gasteiger partial charge in [0, 0.05) is 0 Å². The van der Waals surface area contributed by atoms with Crippen LogP contribution in [0.1, 0.15) is 31.2 Å². The van der Waals surface area contributed by atoms with E-state index in [1.54, 1.807) is 0 Å². The van der Waals surface area contributed by atoms with E-state index < -0.39 is 11.4 Å². The summed E-state index contributed by atoms with van der Waals surface area (Å²) in [6.07, 6.45) is 3.40. The van der Waals surface area contributed by atoms with Gasteiger partial charge < -0.3 is 9.52 Å². The molecular formula is C9H11NO3. The van der Waals surface area contributed by atoms with Gasteiger partial charge in [-0.15, -0.1) is 0 Å². The largest absolute Gasteiger partial charge is 0.480 e. The molecule has 1 aliphatic carbocycles. The molecule has 0 atom stereocenters. The lowest BCUT2D eigenvalue weighted by Crippen LogP contribution is -2.20. The first kappa shape index (κ1) is 8.29. The van der Waals surface area contributed by atoms with Crippen LogP contribution in [-0.2, 0) is 16.6 Å². The van der Waals surface area contributed by atoms with E-state index in [2.05, 4.69) is 4.98 Å². The van der Waals surface area contributed by atoms with E-state index in [-0.39, 0.29) is 0 Å². The first-order valence-corrected chi connectivity index (χ1v) is 4.37. The normalized spacial score (nSPS) is 18.5. The number of hydrogen-bond acceptors (Lipinski definition) is 3. The average molecular weight is 181 g/mol. The summed E-state index contributed by atoms with van der Waals surface area (Å²) >= 11 is 0. The molecular weight excluding hydrogens is 170 g/mol. The fourth-order valence-corrected chi connectivity index (χ4v) is 1.57. The third-order valence-electron chi connectivity index (χ3n) is 2.57. The van der Waals surface area contributed by atoms with Crippen molar-refractivity contribution in [1.82, 2.24) is 4.98 Å². The SMILES string of the molecule is CCc1ncoc1C1(C(=O)O)CC1. The van der Waals surface area contributed by atoms with Gasteiger partial charge >= 0.3 is 5.97 Å². The number of carboxylic acids is 1. The van der Waals surface area contributed by atoms with Gasteiger partial charge in [0.25, 0.3) is 0 Å². The number of aryl methyl sites for hydroxylation is 1. The van der Waals surface area contributed by atoms with E-state index in [1.807, 2.05) is 6.92 Å². The molecule has 2 rings (SSSR count). The summed E-state index contributed by atoms with van der Waals surface area (Å²) in [6.45, 7) is 1.94. The molecule has 13 heavy (non-hydrogen) atoms. The van der Waals surface area contributed by atoms with Crippen LogP contribution in [-0.4, -0.2) is 16.1 Å². The molecule has 1 N–H and O–H groups in total. The number of aliphatic carboxylic acids is 1. The van der Waals surface area contributed by atoms with Crippen LogP contribution in [0.2, 0.25) is 0 Å². The van der Waals surface area contributed by atoms with Crippen molar-refractivity contribution in [3.8, 4) is 0 Å². The molecule has 1 heterocycles. The Morgan fingerprint density at radius 2 is 2.46 bits per heavy atom. The number of oxazole rings is 1. The van der Waals surface area contributed by atoms with Gasteiger partial charge in [0.15, 0.2) is 6.39 Å². The molecule has 1 aromatic rings. The highest BCUT2D eigenvalue weighted by Gasteiger charge is 2.55. The van der Waals surface area contributed by atoms with Gasteiger partial charge in [0.2, 0.25) is 0 Å². The second-order valence-corrected chi connectivity index (χ2v) is 3.37. The summed E-state index contributed by atoms with van der Waals surface area (Å²) in [6, 6.07) is 0. The Balaban J connectivity index is 2.40. The number of hydrogen-bond donors (Lipinski definition) is 1. The van der Waals surface area contributed by atoms with Crippen molar-refractivity contribution in [3.05, 3.63) is 17.8 Å². The molecule has 0 bridgehead atoms. The lowest BCUT2D eigenvalue weighted by Gasteiger charge is -2.06. The Morgan fingerprint density at radius 3 is 2.92 bits per heavy atom. The van der Waals surface area contributed by atoms with Crippen LogP contribution in [0.25, 0.3) is 0 Å². The number of aromatic nitrogens is 1. The van der Waals surface area contributed by atoms with Crippen molar-refractivity contribution < 1.29 is 14.3 Å². The molecule has 0 aromatic carbocycles. The molecule has 70 valence electrons. The molecule has 1 aliphatic rings. The summed E-state index contributed by atoms with van der Waals surface area (Å²) in [5.74, 6) is -0.235. The average Bonchev–Trinajstić information content (AvgIpc) is 2.78. The molecule has 4 heteroatoms. The minimum atomic E-state index is -0.793. The number of rotatable bonds is 3. The van der Waals surface area contributed by atoms with E-state index in [1.165, 1.54) is 6.39 Å². The van der Waals surface area contributed by atoms with E-state index in [0.717, 1.165) is 12.1 Å². The van der Waals surface area contributed by atoms with Crippen molar-refractivity contribution in [2.45, 2.75) is 31.6 Å². The monoisotopic (exact) mass is 181 g/mol. The number of carboxylic acid groups (broad SMARTS) is 1. The first-order chi connectivity index (χ1) is 6.20. The highest BCUT2D eigenvalue weighted by molar-refractivity contribution is 5.84. The van der Waals surface area contributed by atoms with Crippen molar-refractivity contribution in [2.24, 2.45) is 0 Å². The van der Waals surface area contributed by atoms with Crippen molar-refractivity contribution in [3.63, 3.8) is 0 Å². The topological polar surface area (TPSA) is 63.3 Å². The van der Waals surface area contributed by atoms with Gasteiger partial charge in [0.05, 0.1) is 5.69 Å². The van der Waals surface area contributed by atoms with Crippen molar-refractivity contribution >= 4 is 5.97 Å². The zero-order chi connectivity index (χ0) is 9.47. The molecule has 0 saturated heterocycles. The lowest BCUT2D eigenvalue weighted by molar-refractivity contribution is -0.140. The fourth-order valence-electron chi connectivity index (χ4n) is 1.57. The summed E-state index contributed by atoms with van der Waals surface area (Å²) < 4.78 is 5.15. The standard InChI is InChI=1S/C9H11NO3/c1-2-6-7(13-5-10-6)9(3-4-9)8(11)12/h5H,2-4H2,1H3,(H,11,12). The zero-order valence-corrected chi connectivity index (χ0v) is 7.41. The first-order valence-electron chi connectivity index (χ1n) is 4.37. The van der Waals surface area contributed by atoms with Crippen LogP contribution < -0.4 is 0 Å². The molecule has 0 spiro atoms. The summed E-state index contributed by atoms with van der Waals surface area (Å²) in [7, 11) is 0. The lowest BCUT2D eigenvalue weighted by atomic mass is 10.0. The highest BCUT2D eigenvalue weighted by Crippen LogP contribution is 2.49. The molecule has 0 unspecified atom stereocenters. The van der Waals surface area contributed by atoms with E-state index in [4.69, 9.17) is 9.52 Å². The van der Waals surface area contributed by atoms with Gasteiger partial charge in [-0.2, -0.15) is 0 Å². The maximum atomic E-state index is 11.0. The van der Waals surface area contributed by atoms with Gasteiger partial charge in [-0.05, 0) is 19.3 Å². The Hall–Kier alpha value is -1.32. The molecule has 0 radical (unpaired) electrons. The minimum Gasteiger partial charge on any atom is -0.480 e. The van der Waals surface area contributed by atoms with E-state index in [0.29, 0.717) is 18.6 Å². The van der Waals surface area contributed by atoms with Gasteiger partial charge in [-0.3, -0.25) is 4.79 Å². The highest BCUT2D eigenvalue weighted by atomic mass is 16.4. The third-order valence-corrected chi connectivity index (χ3v) is 2.57. The second kappa shape index (κ2) is 2.58. The fraction of sp³-hybridized carbons (Fsp3) is 0.556. The predicted molar refractivity (Wildman–Crippen MR) is 44.4 cm³/mol. The summed E-state index contributed by atoms with van der Waals surface area (Å²) in [5.41, 5.74) is 0.0295. The van der Waals surface area contributed by atoms with Gasteiger partial charge in [-0.25, -0.2) is 4.98 Å². The van der Waals surface area contributed by atoms with Crippen LogP contribution in [0.3, 0.4) is 0 Å². The van der Waals surface area contributed by atoms with Crippen LogP contribution >= 0.6 is 0 Å². The van der Waals surface area contributed by atoms with Gasteiger partial charge in [-0.1, -0.05) is 6.92 Å². The number of carbonyl (C=O) groups is 1. The van der Waals surface area contributed by atoms with Crippen molar-refractivity contribution in [1.29, 1.82) is 0 Å². The number of nitrogens with zero attached hydrogens (tertiary/aromatic N) is 1. The van der Waals surface area contributed by atoms with Crippen LogP contribution in [0, 0.1) is 0 Å². The molecule has 1 fully saturated rings. The molecule has 4 nitrogen and oxygen atoms in total. The predicted octanol–water partition coefficient (Wildman–Crippen LogP) is 1.35. The second-order valence-electron chi connectivity index (χ2n) is 3.37. The minimum absolute atomic E-state index is 0.558. The Morgan fingerprint density at radius 1 is 1.77 bits per heavy atom. The third kappa shape index (κ3) is 1.05. The molecule has 1 aromatic heterocycles. The van der Waals surface area contributed by atoms with E-state index >= 15 is 0 Å². The van der Waals surface area contributed by atoms with Crippen LogP contribution in [0.4, 0.5) is 0 Å². The smallest absolute Gasteiger partial charge is 0.317 e. The molecule has 1 saturated carbocycles. The Kier molecular flexibility index (Phi) is 1.65. The summed E-state index contributed by atoms with van der Waals surface area (Å²) in [5, 5.41) is 9.01. The van der Waals surface area contributed by atoms with Gasteiger partial charge in [0.1, 0.15) is 11.2 Å². The Bertz CT molecular complexity index is 338. The Labute approximate surface area is 75.6 Å². The maximum absolute atomic E-state index is 11.0.